The number of hydrogen-bond donors (Lipinski definition) is 1. The molecule has 1 aromatic heterocycles. The highest BCUT2D eigenvalue weighted by atomic mass is 16.2. The largest absolute Gasteiger partial charge is 0.353 e. The van der Waals surface area contributed by atoms with E-state index in [-0.39, 0.29) is 5.91 Å². The van der Waals surface area contributed by atoms with Crippen molar-refractivity contribution in [2.75, 3.05) is 19.4 Å². The van der Waals surface area contributed by atoms with Crippen molar-refractivity contribution < 1.29 is 4.79 Å². The molecule has 1 heterocycles. The van der Waals surface area contributed by atoms with Crippen LogP contribution in [0.25, 0.3) is 0 Å². The van der Waals surface area contributed by atoms with Gasteiger partial charge in [0.25, 0.3) is 0 Å². The number of likely N-dealkylation sites (N-methyl/N-ethyl adjacent to an activating group) is 1. The van der Waals surface area contributed by atoms with Crippen LogP contribution in [-0.2, 0) is 18.3 Å². The average molecular weight is 286 g/mol. The van der Waals surface area contributed by atoms with Crippen LogP contribution in [0.2, 0.25) is 0 Å². The second-order valence-electron chi connectivity index (χ2n) is 5.46. The van der Waals surface area contributed by atoms with E-state index in [1.54, 1.807) is 19.0 Å². The predicted octanol–water partition coefficient (Wildman–Crippen LogP) is 2.41. The number of aromatic nitrogens is 2. The molecular weight excluding hydrogens is 264 g/mol. The van der Waals surface area contributed by atoms with Crippen LogP contribution >= 0.6 is 0 Å². The average Bonchev–Trinajstić information content (AvgIpc) is 2.67. The number of carbonyl (C=O) groups excluding carboxylic acids is 1. The summed E-state index contributed by atoms with van der Waals surface area (Å²) in [5.41, 5.74) is 5.12. The first-order valence-electron chi connectivity index (χ1n) is 6.95. The van der Waals surface area contributed by atoms with Gasteiger partial charge in [0.05, 0.1) is 23.5 Å². The SMILES string of the molecule is Cc1nn(C)c(C)c1Nc1ccc(CC(=O)N(C)C)cc1. The highest BCUT2D eigenvalue weighted by molar-refractivity contribution is 5.78. The van der Waals surface area contributed by atoms with Gasteiger partial charge < -0.3 is 10.2 Å². The van der Waals surface area contributed by atoms with Crippen molar-refractivity contribution in [1.82, 2.24) is 14.7 Å². The molecule has 0 spiro atoms. The van der Waals surface area contributed by atoms with Gasteiger partial charge >= 0.3 is 0 Å². The Kier molecular flexibility index (Phi) is 4.31. The number of hydrogen-bond acceptors (Lipinski definition) is 3. The van der Waals surface area contributed by atoms with Crippen LogP contribution in [0.3, 0.4) is 0 Å². The lowest BCUT2D eigenvalue weighted by molar-refractivity contribution is -0.127. The third-order valence-corrected chi connectivity index (χ3v) is 3.59. The zero-order valence-electron chi connectivity index (χ0n) is 13.3. The molecule has 5 nitrogen and oxygen atoms in total. The number of amides is 1. The highest BCUT2D eigenvalue weighted by Crippen LogP contribution is 2.23. The Bertz CT molecular complexity index is 641. The summed E-state index contributed by atoms with van der Waals surface area (Å²) in [7, 11) is 5.47. The summed E-state index contributed by atoms with van der Waals surface area (Å²) >= 11 is 0. The Hall–Kier alpha value is -2.30. The van der Waals surface area contributed by atoms with Gasteiger partial charge in [0.1, 0.15) is 0 Å². The highest BCUT2D eigenvalue weighted by Gasteiger charge is 2.10. The van der Waals surface area contributed by atoms with Crippen molar-refractivity contribution in [3.63, 3.8) is 0 Å². The van der Waals surface area contributed by atoms with Crippen molar-refractivity contribution in [2.45, 2.75) is 20.3 Å². The van der Waals surface area contributed by atoms with E-state index >= 15 is 0 Å². The van der Waals surface area contributed by atoms with Gasteiger partial charge in [-0.1, -0.05) is 12.1 Å². The number of nitrogens with one attached hydrogen (secondary N) is 1. The van der Waals surface area contributed by atoms with Crippen LogP contribution < -0.4 is 5.32 Å². The fraction of sp³-hybridized carbons (Fsp3) is 0.375. The Labute approximate surface area is 125 Å². The van der Waals surface area contributed by atoms with Gasteiger partial charge in [-0.3, -0.25) is 9.48 Å². The Balaban J connectivity index is 2.11. The van der Waals surface area contributed by atoms with Gasteiger partial charge in [-0.25, -0.2) is 0 Å². The smallest absolute Gasteiger partial charge is 0.226 e. The lowest BCUT2D eigenvalue weighted by Crippen LogP contribution is -2.23. The molecule has 5 heteroatoms. The predicted molar refractivity (Wildman–Crippen MR) is 84.8 cm³/mol. The van der Waals surface area contributed by atoms with Crippen LogP contribution in [0.1, 0.15) is 17.0 Å². The number of benzene rings is 1. The zero-order chi connectivity index (χ0) is 15.6. The first-order chi connectivity index (χ1) is 9.88. The van der Waals surface area contributed by atoms with Crippen LogP contribution in [-0.4, -0.2) is 34.7 Å². The van der Waals surface area contributed by atoms with Crippen LogP contribution in [0.4, 0.5) is 11.4 Å². The van der Waals surface area contributed by atoms with Gasteiger partial charge in [0, 0.05) is 26.8 Å². The minimum atomic E-state index is 0.106. The first kappa shape index (κ1) is 15.1. The third kappa shape index (κ3) is 3.42. The molecule has 0 aliphatic carbocycles. The second-order valence-corrected chi connectivity index (χ2v) is 5.46. The maximum atomic E-state index is 11.7. The van der Waals surface area contributed by atoms with E-state index < -0.39 is 0 Å². The molecule has 0 unspecified atom stereocenters. The number of nitrogens with zero attached hydrogens (tertiary/aromatic N) is 3. The molecule has 0 aliphatic heterocycles. The molecular formula is C16H22N4O. The van der Waals surface area contributed by atoms with Crippen LogP contribution in [0.5, 0.6) is 0 Å². The summed E-state index contributed by atoms with van der Waals surface area (Å²) in [6.45, 7) is 4.02. The summed E-state index contributed by atoms with van der Waals surface area (Å²) in [4.78, 5) is 13.3. The molecule has 21 heavy (non-hydrogen) atoms. The topological polar surface area (TPSA) is 50.2 Å². The summed E-state index contributed by atoms with van der Waals surface area (Å²) in [5, 5.41) is 7.77. The van der Waals surface area contributed by atoms with Gasteiger partial charge in [0.2, 0.25) is 5.91 Å². The molecule has 1 N–H and O–H groups in total. The molecule has 0 bridgehead atoms. The molecule has 0 aliphatic rings. The molecule has 0 radical (unpaired) electrons. The van der Waals surface area contributed by atoms with E-state index in [0.29, 0.717) is 6.42 Å². The first-order valence-corrected chi connectivity index (χ1v) is 6.95. The summed E-state index contributed by atoms with van der Waals surface area (Å²) in [6, 6.07) is 7.93. The number of aryl methyl sites for hydroxylation is 2. The van der Waals surface area contributed by atoms with E-state index in [9.17, 15) is 4.79 Å². The van der Waals surface area contributed by atoms with Crippen LogP contribution in [0.15, 0.2) is 24.3 Å². The molecule has 0 saturated heterocycles. The van der Waals surface area contributed by atoms with Crippen molar-refractivity contribution in [3.8, 4) is 0 Å². The lowest BCUT2D eigenvalue weighted by Gasteiger charge is -2.11. The number of rotatable bonds is 4. The Morgan fingerprint density at radius 2 is 1.86 bits per heavy atom. The van der Waals surface area contributed by atoms with E-state index in [0.717, 1.165) is 28.3 Å². The molecule has 1 aromatic carbocycles. The minimum Gasteiger partial charge on any atom is -0.353 e. The molecule has 0 saturated carbocycles. The summed E-state index contributed by atoms with van der Waals surface area (Å²) in [6.07, 6.45) is 0.429. The molecule has 112 valence electrons. The molecule has 0 atom stereocenters. The molecule has 2 aromatic rings. The van der Waals surface area contributed by atoms with Crippen molar-refractivity contribution >= 4 is 17.3 Å². The number of carbonyl (C=O) groups is 1. The summed E-state index contributed by atoms with van der Waals surface area (Å²) in [5.74, 6) is 0.106. The molecule has 1 amide bonds. The summed E-state index contributed by atoms with van der Waals surface area (Å²) < 4.78 is 1.86. The van der Waals surface area contributed by atoms with Crippen LogP contribution in [0, 0.1) is 13.8 Å². The minimum absolute atomic E-state index is 0.106. The van der Waals surface area contributed by atoms with E-state index in [1.807, 2.05) is 49.8 Å². The van der Waals surface area contributed by atoms with Gasteiger partial charge in [-0.15, -0.1) is 0 Å². The fourth-order valence-electron chi connectivity index (χ4n) is 2.14. The van der Waals surface area contributed by atoms with Gasteiger partial charge in [0.15, 0.2) is 0 Å². The third-order valence-electron chi connectivity index (χ3n) is 3.59. The lowest BCUT2D eigenvalue weighted by atomic mass is 10.1. The van der Waals surface area contributed by atoms with E-state index in [1.165, 1.54) is 0 Å². The molecule has 0 fully saturated rings. The molecule has 2 rings (SSSR count). The standard InChI is InChI=1S/C16H22N4O/c1-11-16(12(2)20(5)18-11)17-14-8-6-13(7-9-14)10-15(21)19(3)4/h6-9,17H,10H2,1-5H3. The Morgan fingerprint density at radius 1 is 1.24 bits per heavy atom. The van der Waals surface area contributed by atoms with Crippen molar-refractivity contribution in [3.05, 3.63) is 41.2 Å². The van der Waals surface area contributed by atoms with E-state index in [2.05, 4.69) is 10.4 Å². The quantitative estimate of drug-likeness (QED) is 0.939. The maximum Gasteiger partial charge on any atom is 0.226 e. The fourth-order valence-corrected chi connectivity index (χ4v) is 2.14. The van der Waals surface area contributed by atoms with Crippen molar-refractivity contribution in [2.24, 2.45) is 7.05 Å². The maximum absolute atomic E-state index is 11.7. The normalized spacial score (nSPS) is 10.5. The van der Waals surface area contributed by atoms with Crippen molar-refractivity contribution in [1.29, 1.82) is 0 Å². The van der Waals surface area contributed by atoms with E-state index in [4.69, 9.17) is 0 Å². The Morgan fingerprint density at radius 3 is 2.33 bits per heavy atom. The second kappa shape index (κ2) is 5.99. The van der Waals surface area contributed by atoms with Gasteiger partial charge in [-0.2, -0.15) is 5.10 Å². The monoisotopic (exact) mass is 286 g/mol. The van der Waals surface area contributed by atoms with Gasteiger partial charge in [-0.05, 0) is 31.5 Å². The zero-order valence-corrected chi connectivity index (χ0v) is 13.3. The number of anilines is 2.